The molecule has 2 rings (SSSR count). The fourth-order valence-electron chi connectivity index (χ4n) is 1.79. The number of benzene rings is 1. The normalized spacial score (nSPS) is 18.9. The van der Waals surface area contributed by atoms with Crippen LogP contribution in [0.15, 0.2) is 18.2 Å². The van der Waals surface area contributed by atoms with Crippen molar-refractivity contribution >= 4 is 17.5 Å². The molecule has 1 aromatic carbocycles. The van der Waals surface area contributed by atoms with Crippen molar-refractivity contribution in [3.05, 3.63) is 23.8 Å². The van der Waals surface area contributed by atoms with E-state index in [9.17, 15) is 14.7 Å². The summed E-state index contributed by atoms with van der Waals surface area (Å²) in [6.45, 7) is 1.72. The number of amides is 2. The standard InChI is InChI=1S/C12H14N2O3/c1-7-8(3-2-4-10(7)15)14-12(17)9-5-6-11(16)13-9/h2-4,9,15H,5-6H2,1H3,(H,13,16)(H,14,17). The van der Waals surface area contributed by atoms with Crippen LogP contribution in [0.5, 0.6) is 5.75 Å². The minimum atomic E-state index is -0.468. The molecule has 1 unspecified atom stereocenters. The third-order valence-electron chi connectivity index (χ3n) is 2.87. The molecule has 1 saturated heterocycles. The number of phenols is 1. The number of hydrogen-bond acceptors (Lipinski definition) is 3. The van der Waals surface area contributed by atoms with Gasteiger partial charge >= 0.3 is 0 Å². The zero-order chi connectivity index (χ0) is 12.4. The highest BCUT2D eigenvalue weighted by molar-refractivity contribution is 5.99. The lowest BCUT2D eigenvalue weighted by Gasteiger charge is -2.13. The van der Waals surface area contributed by atoms with Crippen LogP contribution in [0.25, 0.3) is 0 Å². The summed E-state index contributed by atoms with van der Waals surface area (Å²) < 4.78 is 0. The summed E-state index contributed by atoms with van der Waals surface area (Å²) in [5, 5.41) is 14.8. The molecule has 2 amide bonds. The number of carbonyl (C=O) groups excluding carboxylic acids is 2. The summed E-state index contributed by atoms with van der Waals surface area (Å²) in [5.74, 6) is -0.208. The summed E-state index contributed by atoms with van der Waals surface area (Å²) >= 11 is 0. The molecule has 1 aliphatic rings. The van der Waals surface area contributed by atoms with Gasteiger partial charge in [0.1, 0.15) is 11.8 Å². The Morgan fingerprint density at radius 1 is 1.53 bits per heavy atom. The van der Waals surface area contributed by atoms with Crippen molar-refractivity contribution in [1.82, 2.24) is 5.32 Å². The molecule has 5 heteroatoms. The number of hydrogen-bond donors (Lipinski definition) is 3. The van der Waals surface area contributed by atoms with E-state index in [1.165, 1.54) is 0 Å². The Morgan fingerprint density at radius 2 is 2.29 bits per heavy atom. The average Bonchev–Trinajstić information content (AvgIpc) is 2.72. The van der Waals surface area contributed by atoms with Crippen LogP contribution in [0.3, 0.4) is 0 Å². The quantitative estimate of drug-likeness (QED) is 0.712. The lowest BCUT2D eigenvalue weighted by molar-refractivity contribution is -0.122. The van der Waals surface area contributed by atoms with Crippen molar-refractivity contribution < 1.29 is 14.7 Å². The van der Waals surface area contributed by atoms with Gasteiger partial charge in [-0.2, -0.15) is 0 Å². The fourth-order valence-corrected chi connectivity index (χ4v) is 1.79. The first kappa shape index (κ1) is 11.4. The molecular weight excluding hydrogens is 220 g/mol. The summed E-state index contributed by atoms with van der Waals surface area (Å²) in [7, 11) is 0. The van der Waals surface area contributed by atoms with Crippen molar-refractivity contribution in [2.24, 2.45) is 0 Å². The minimum Gasteiger partial charge on any atom is -0.508 e. The molecule has 1 aromatic rings. The second-order valence-electron chi connectivity index (χ2n) is 4.10. The van der Waals surface area contributed by atoms with Crippen LogP contribution in [0, 0.1) is 6.92 Å². The van der Waals surface area contributed by atoms with E-state index >= 15 is 0 Å². The van der Waals surface area contributed by atoms with Crippen molar-refractivity contribution in [3.63, 3.8) is 0 Å². The predicted molar refractivity (Wildman–Crippen MR) is 62.6 cm³/mol. The number of carbonyl (C=O) groups is 2. The molecule has 3 N–H and O–H groups in total. The largest absolute Gasteiger partial charge is 0.508 e. The molecule has 1 heterocycles. The maximum atomic E-state index is 11.8. The van der Waals surface area contributed by atoms with E-state index in [4.69, 9.17) is 0 Å². The van der Waals surface area contributed by atoms with Gasteiger partial charge in [-0.1, -0.05) is 6.07 Å². The number of aromatic hydroxyl groups is 1. The van der Waals surface area contributed by atoms with E-state index in [-0.39, 0.29) is 17.6 Å². The zero-order valence-corrected chi connectivity index (χ0v) is 9.49. The zero-order valence-electron chi connectivity index (χ0n) is 9.49. The molecule has 0 aromatic heterocycles. The van der Waals surface area contributed by atoms with Gasteiger partial charge in [0, 0.05) is 17.7 Å². The number of phenolic OH excluding ortho intramolecular Hbond substituents is 1. The number of anilines is 1. The highest BCUT2D eigenvalue weighted by Gasteiger charge is 2.27. The van der Waals surface area contributed by atoms with Gasteiger partial charge < -0.3 is 15.7 Å². The van der Waals surface area contributed by atoms with Crippen LogP contribution in [0.2, 0.25) is 0 Å². The van der Waals surface area contributed by atoms with Crippen LogP contribution in [0.4, 0.5) is 5.69 Å². The lowest BCUT2D eigenvalue weighted by Crippen LogP contribution is -2.37. The monoisotopic (exact) mass is 234 g/mol. The Balaban J connectivity index is 2.08. The van der Waals surface area contributed by atoms with Gasteiger partial charge in [-0.05, 0) is 25.5 Å². The third kappa shape index (κ3) is 2.38. The molecule has 1 fully saturated rings. The van der Waals surface area contributed by atoms with Gasteiger partial charge in [-0.25, -0.2) is 0 Å². The van der Waals surface area contributed by atoms with Gasteiger partial charge in [-0.15, -0.1) is 0 Å². The van der Waals surface area contributed by atoms with Gasteiger partial charge in [0.15, 0.2) is 0 Å². The van der Waals surface area contributed by atoms with E-state index in [1.54, 1.807) is 25.1 Å². The fraction of sp³-hybridized carbons (Fsp3) is 0.333. The molecule has 17 heavy (non-hydrogen) atoms. The smallest absolute Gasteiger partial charge is 0.246 e. The number of nitrogens with one attached hydrogen (secondary N) is 2. The molecule has 1 aliphatic heterocycles. The van der Waals surface area contributed by atoms with Crippen molar-refractivity contribution in [2.75, 3.05) is 5.32 Å². The van der Waals surface area contributed by atoms with Gasteiger partial charge in [0.05, 0.1) is 0 Å². The molecular formula is C12H14N2O3. The summed E-state index contributed by atoms with van der Waals surface area (Å²) in [5.41, 5.74) is 1.18. The predicted octanol–water partition coefficient (Wildman–Crippen LogP) is 0.918. The molecule has 0 radical (unpaired) electrons. The van der Waals surface area contributed by atoms with Gasteiger partial charge in [0.25, 0.3) is 0 Å². The molecule has 5 nitrogen and oxygen atoms in total. The Bertz CT molecular complexity index is 471. The first-order valence-corrected chi connectivity index (χ1v) is 5.47. The Kier molecular flexibility index (Phi) is 2.99. The molecule has 1 atom stereocenters. The van der Waals surface area contributed by atoms with Crippen LogP contribution in [-0.4, -0.2) is 23.0 Å². The third-order valence-corrected chi connectivity index (χ3v) is 2.87. The SMILES string of the molecule is Cc1c(O)cccc1NC(=O)C1CCC(=O)N1. The van der Waals surface area contributed by atoms with Crippen LogP contribution in [-0.2, 0) is 9.59 Å². The maximum Gasteiger partial charge on any atom is 0.246 e. The van der Waals surface area contributed by atoms with Crippen LogP contribution in [0.1, 0.15) is 18.4 Å². The molecule has 0 saturated carbocycles. The lowest BCUT2D eigenvalue weighted by atomic mass is 10.1. The maximum absolute atomic E-state index is 11.8. The summed E-state index contributed by atoms with van der Waals surface area (Å²) in [6.07, 6.45) is 0.902. The Morgan fingerprint density at radius 3 is 2.94 bits per heavy atom. The summed E-state index contributed by atoms with van der Waals surface area (Å²) in [6, 6.07) is 4.46. The highest BCUT2D eigenvalue weighted by atomic mass is 16.3. The van der Waals surface area contributed by atoms with Crippen molar-refractivity contribution in [2.45, 2.75) is 25.8 Å². The van der Waals surface area contributed by atoms with Crippen molar-refractivity contribution in [1.29, 1.82) is 0 Å². The first-order chi connectivity index (χ1) is 8.08. The topological polar surface area (TPSA) is 78.4 Å². The Labute approximate surface area is 98.8 Å². The van der Waals surface area contributed by atoms with E-state index in [0.29, 0.717) is 24.1 Å². The van der Waals surface area contributed by atoms with E-state index < -0.39 is 6.04 Å². The molecule has 0 spiro atoms. The minimum absolute atomic E-state index is 0.0993. The molecule has 90 valence electrons. The first-order valence-electron chi connectivity index (χ1n) is 5.47. The molecule has 0 bridgehead atoms. The molecule has 0 aliphatic carbocycles. The van der Waals surface area contributed by atoms with E-state index in [0.717, 1.165) is 0 Å². The van der Waals surface area contributed by atoms with Crippen molar-refractivity contribution in [3.8, 4) is 5.75 Å². The second kappa shape index (κ2) is 4.45. The van der Waals surface area contributed by atoms with Crippen LogP contribution >= 0.6 is 0 Å². The van der Waals surface area contributed by atoms with E-state index in [2.05, 4.69) is 10.6 Å². The number of rotatable bonds is 2. The van der Waals surface area contributed by atoms with E-state index in [1.807, 2.05) is 0 Å². The Hall–Kier alpha value is -2.04. The second-order valence-corrected chi connectivity index (χ2v) is 4.10. The summed E-state index contributed by atoms with van der Waals surface area (Å²) in [4.78, 5) is 22.8. The highest BCUT2D eigenvalue weighted by Crippen LogP contribution is 2.24. The van der Waals surface area contributed by atoms with Gasteiger partial charge in [-0.3, -0.25) is 9.59 Å². The van der Waals surface area contributed by atoms with Gasteiger partial charge in [0.2, 0.25) is 11.8 Å². The van der Waals surface area contributed by atoms with Crippen LogP contribution < -0.4 is 10.6 Å². The average molecular weight is 234 g/mol.